The molecule has 1 aliphatic carbocycles. The monoisotopic (exact) mass is 375 g/mol. The molecule has 1 aromatic carbocycles. The molecule has 142 valence electrons. The van der Waals surface area contributed by atoms with Crippen LogP contribution in [0.4, 0.5) is 0 Å². The Labute approximate surface area is 156 Å². The van der Waals surface area contributed by atoms with Gasteiger partial charge in [0.25, 0.3) is 0 Å². The lowest BCUT2D eigenvalue weighted by Crippen LogP contribution is -2.29. The van der Waals surface area contributed by atoms with Crippen molar-refractivity contribution in [2.24, 2.45) is 0 Å². The lowest BCUT2D eigenvalue weighted by atomic mass is 9.92. The molecule has 1 unspecified atom stereocenters. The van der Waals surface area contributed by atoms with Crippen LogP contribution in [0.3, 0.4) is 0 Å². The van der Waals surface area contributed by atoms with Crippen molar-refractivity contribution in [3.05, 3.63) is 47.8 Å². The summed E-state index contributed by atoms with van der Waals surface area (Å²) in [6, 6.07) is 9.63. The van der Waals surface area contributed by atoms with E-state index in [0.29, 0.717) is 16.6 Å². The van der Waals surface area contributed by atoms with Gasteiger partial charge in [0, 0.05) is 17.7 Å². The number of nitrogens with zero attached hydrogens (tertiary/aromatic N) is 2. The highest BCUT2D eigenvalue weighted by Gasteiger charge is 2.32. The van der Waals surface area contributed by atoms with Gasteiger partial charge in [0.2, 0.25) is 10.0 Å². The Morgan fingerprint density at radius 3 is 2.35 bits per heavy atom. The molecular formula is C20H29N3O2S. The third-order valence-electron chi connectivity index (χ3n) is 5.03. The van der Waals surface area contributed by atoms with Crippen LogP contribution >= 0.6 is 0 Å². The van der Waals surface area contributed by atoms with Gasteiger partial charge in [0.05, 0.1) is 11.7 Å². The maximum absolute atomic E-state index is 13.1. The van der Waals surface area contributed by atoms with E-state index < -0.39 is 10.0 Å². The molecule has 1 fully saturated rings. The van der Waals surface area contributed by atoms with Gasteiger partial charge in [-0.05, 0) is 25.3 Å². The number of sulfonamides is 1. The van der Waals surface area contributed by atoms with E-state index in [-0.39, 0.29) is 11.5 Å². The second-order valence-electron chi connectivity index (χ2n) is 8.26. The van der Waals surface area contributed by atoms with Gasteiger partial charge in [-0.15, -0.1) is 0 Å². The van der Waals surface area contributed by atoms with Crippen molar-refractivity contribution in [3.8, 4) is 0 Å². The fourth-order valence-corrected chi connectivity index (χ4v) is 5.13. The zero-order valence-electron chi connectivity index (χ0n) is 16.1. The Kier molecular flexibility index (Phi) is 5.26. The van der Waals surface area contributed by atoms with E-state index in [0.717, 1.165) is 18.4 Å². The SMILES string of the molecule is CC(NS(=O)(=O)c1cn(C2CCCC2)nc1C(C)(C)C)c1ccccc1. The van der Waals surface area contributed by atoms with Gasteiger partial charge in [-0.3, -0.25) is 4.68 Å². The average molecular weight is 376 g/mol. The number of benzene rings is 1. The Balaban J connectivity index is 1.95. The molecule has 26 heavy (non-hydrogen) atoms. The van der Waals surface area contributed by atoms with E-state index in [9.17, 15) is 8.42 Å². The molecule has 1 heterocycles. The van der Waals surface area contributed by atoms with Crippen LogP contribution in [0.1, 0.15) is 76.7 Å². The van der Waals surface area contributed by atoms with Crippen molar-refractivity contribution < 1.29 is 8.42 Å². The molecule has 3 rings (SSSR count). The maximum atomic E-state index is 13.1. The number of nitrogens with one attached hydrogen (secondary N) is 1. The highest BCUT2D eigenvalue weighted by molar-refractivity contribution is 7.89. The summed E-state index contributed by atoms with van der Waals surface area (Å²) in [5, 5.41) is 4.71. The van der Waals surface area contributed by atoms with Crippen LogP contribution in [0.15, 0.2) is 41.4 Å². The standard InChI is InChI=1S/C20H29N3O2S/c1-15(16-10-6-5-7-11-16)22-26(24,25)18-14-23(17-12-8-9-13-17)21-19(18)20(2,3)4/h5-7,10-11,14-15,17,22H,8-9,12-13H2,1-4H3. The van der Waals surface area contributed by atoms with Crippen LogP contribution in [-0.2, 0) is 15.4 Å². The third-order valence-corrected chi connectivity index (χ3v) is 6.57. The second-order valence-corrected chi connectivity index (χ2v) is 9.95. The summed E-state index contributed by atoms with van der Waals surface area (Å²) in [5.41, 5.74) is 1.23. The molecule has 1 aliphatic rings. The Hall–Kier alpha value is -1.66. The largest absolute Gasteiger partial charge is 0.268 e. The van der Waals surface area contributed by atoms with Gasteiger partial charge in [-0.25, -0.2) is 13.1 Å². The molecule has 0 amide bonds. The molecule has 5 nitrogen and oxygen atoms in total. The molecule has 0 aliphatic heterocycles. The van der Waals surface area contributed by atoms with Crippen molar-refractivity contribution >= 4 is 10.0 Å². The molecule has 0 radical (unpaired) electrons. The molecule has 0 bridgehead atoms. The van der Waals surface area contributed by atoms with Gasteiger partial charge in [0.1, 0.15) is 4.90 Å². The molecule has 6 heteroatoms. The van der Waals surface area contributed by atoms with Gasteiger partial charge < -0.3 is 0 Å². The van der Waals surface area contributed by atoms with Crippen molar-refractivity contribution in [2.45, 2.75) is 75.8 Å². The first-order valence-electron chi connectivity index (χ1n) is 9.35. The highest BCUT2D eigenvalue weighted by atomic mass is 32.2. The zero-order chi connectivity index (χ0) is 18.9. The van der Waals surface area contributed by atoms with E-state index in [1.54, 1.807) is 6.20 Å². The zero-order valence-corrected chi connectivity index (χ0v) is 16.9. The summed E-state index contributed by atoms with van der Waals surface area (Å²) >= 11 is 0. The van der Waals surface area contributed by atoms with E-state index in [1.807, 2.05) is 62.7 Å². The van der Waals surface area contributed by atoms with E-state index in [2.05, 4.69) is 4.72 Å². The number of hydrogen-bond acceptors (Lipinski definition) is 3. The normalized spacial score (nSPS) is 17.5. The van der Waals surface area contributed by atoms with Crippen LogP contribution in [0.25, 0.3) is 0 Å². The van der Waals surface area contributed by atoms with Gasteiger partial charge in [-0.2, -0.15) is 5.10 Å². The fraction of sp³-hybridized carbons (Fsp3) is 0.550. The van der Waals surface area contributed by atoms with Gasteiger partial charge >= 0.3 is 0 Å². The van der Waals surface area contributed by atoms with Crippen LogP contribution < -0.4 is 4.72 Å². The minimum absolute atomic E-state index is 0.302. The van der Waals surface area contributed by atoms with Crippen molar-refractivity contribution in [1.82, 2.24) is 14.5 Å². The van der Waals surface area contributed by atoms with E-state index >= 15 is 0 Å². The topological polar surface area (TPSA) is 64.0 Å². The molecule has 1 aromatic heterocycles. The highest BCUT2D eigenvalue weighted by Crippen LogP contribution is 2.34. The molecule has 1 N–H and O–H groups in total. The molecular weight excluding hydrogens is 346 g/mol. The summed E-state index contributed by atoms with van der Waals surface area (Å²) in [6.07, 6.45) is 6.23. The van der Waals surface area contributed by atoms with E-state index in [4.69, 9.17) is 5.10 Å². The summed E-state index contributed by atoms with van der Waals surface area (Å²) in [4.78, 5) is 0.305. The van der Waals surface area contributed by atoms with Crippen LogP contribution in [0.5, 0.6) is 0 Å². The van der Waals surface area contributed by atoms with Gasteiger partial charge in [0.15, 0.2) is 0 Å². The smallest absolute Gasteiger partial charge is 0.244 e. The molecule has 1 atom stereocenters. The van der Waals surface area contributed by atoms with Crippen molar-refractivity contribution in [3.63, 3.8) is 0 Å². The Morgan fingerprint density at radius 1 is 1.15 bits per heavy atom. The van der Waals surface area contributed by atoms with Crippen molar-refractivity contribution in [2.75, 3.05) is 0 Å². The first-order valence-corrected chi connectivity index (χ1v) is 10.8. The second kappa shape index (κ2) is 7.16. The summed E-state index contributed by atoms with van der Waals surface area (Å²) in [7, 11) is -3.66. The number of rotatable bonds is 5. The molecule has 2 aromatic rings. The van der Waals surface area contributed by atoms with Crippen LogP contribution in [0.2, 0.25) is 0 Å². The molecule has 0 spiro atoms. The molecule has 0 saturated heterocycles. The number of hydrogen-bond donors (Lipinski definition) is 1. The number of aromatic nitrogens is 2. The average Bonchev–Trinajstić information content (AvgIpc) is 3.24. The first kappa shape index (κ1) is 19.1. The fourth-order valence-electron chi connectivity index (χ4n) is 3.55. The summed E-state index contributed by atoms with van der Waals surface area (Å²) in [5.74, 6) is 0. The van der Waals surface area contributed by atoms with Gasteiger partial charge in [-0.1, -0.05) is 63.9 Å². The summed E-state index contributed by atoms with van der Waals surface area (Å²) in [6.45, 7) is 7.89. The minimum Gasteiger partial charge on any atom is -0.268 e. The predicted octanol–water partition coefficient (Wildman–Crippen LogP) is 4.34. The third kappa shape index (κ3) is 4.01. The van der Waals surface area contributed by atoms with E-state index in [1.165, 1.54) is 12.8 Å². The van der Waals surface area contributed by atoms with Crippen LogP contribution in [-0.4, -0.2) is 18.2 Å². The molecule has 1 saturated carbocycles. The lowest BCUT2D eigenvalue weighted by molar-refractivity contribution is 0.448. The lowest BCUT2D eigenvalue weighted by Gasteiger charge is -2.19. The van der Waals surface area contributed by atoms with Crippen molar-refractivity contribution in [1.29, 1.82) is 0 Å². The Bertz CT molecular complexity index is 845. The predicted molar refractivity (Wildman–Crippen MR) is 104 cm³/mol. The van der Waals surface area contributed by atoms with Crippen LogP contribution in [0, 0.1) is 0 Å². The Morgan fingerprint density at radius 2 is 1.77 bits per heavy atom. The summed E-state index contributed by atoms with van der Waals surface area (Å²) < 4.78 is 31.0. The maximum Gasteiger partial charge on any atom is 0.244 e. The quantitative estimate of drug-likeness (QED) is 0.846. The first-order chi connectivity index (χ1) is 12.2. The minimum atomic E-state index is -3.66.